The average molecular weight is 650 g/mol. The fourth-order valence-electron chi connectivity index (χ4n) is 12.4. The third kappa shape index (κ3) is 2.83. The van der Waals surface area contributed by atoms with Gasteiger partial charge in [-0.15, -0.1) is 0 Å². The van der Waals surface area contributed by atoms with Crippen LogP contribution in [0.5, 0.6) is 0 Å². The molecular formula is C37H44ClNO7. The maximum Gasteiger partial charge on any atom is 0.190 e. The quantitative estimate of drug-likeness (QED) is 0.235. The number of nitrogens with one attached hydrogen (secondary N) is 1. The molecule has 5 fully saturated rings. The van der Waals surface area contributed by atoms with E-state index in [1.54, 1.807) is 0 Å². The van der Waals surface area contributed by atoms with E-state index in [-0.39, 0.29) is 30.0 Å². The van der Waals surface area contributed by atoms with Crippen LogP contribution in [0.3, 0.4) is 0 Å². The minimum absolute atomic E-state index is 0.00942. The summed E-state index contributed by atoms with van der Waals surface area (Å²) in [5, 5.41) is 38.5. The number of ether oxygens (including phenoxy) is 4. The van der Waals surface area contributed by atoms with E-state index in [1.165, 1.54) is 0 Å². The number of fused-ring (bicyclic) bond motifs is 4. The van der Waals surface area contributed by atoms with Crippen LogP contribution in [-0.4, -0.2) is 61.7 Å². The number of epoxide rings is 1. The van der Waals surface area contributed by atoms with Gasteiger partial charge in [0.25, 0.3) is 0 Å². The van der Waals surface area contributed by atoms with Gasteiger partial charge in [0, 0.05) is 45.4 Å². The molecule has 0 radical (unpaired) electrons. The first kappa shape index (κ1) is 29.2. The summed E-state index contributed by atoms with van der Waals surface area (Å²) in [6.07, 6.45) is 1.31. The van der Waals surface area contributed by atoms with Crippen molar-refractivity contribution in [1.29, 1.82) is 0 Å². The van der Waals surface area contributed by atoms with Crippen LogP contribution in [0.1, 0.15) is 95.4 Å². The second-order valence-corrected chi connectivity index (χ2v) is 17.4. The topological polar surface area (TPSA) is 117 Å². The standard InChI is InChI=1S/C37H44ClNO7/c1-15(2)28-27(40)30-37(44-30)21-8-11-35(41)34(7,33(21,6)10-9-23(37)43-28)29-25-24-20(39-29)14-19(38)17-12-16(3)18-13-22(36(18,42)26(17)24)32(4,5)45-31(25)46-35/h14,18,21-23,27-28,30-31,39-42H,1,3,8-13H2,2,4-7H3. The molecule has 1 aromatic heterocycles. The average Bonchev–Trinajstić information content (AvgIpc) is 3.59. The van der Waals surface area contributed by atoms with E-state index in [1.807, 2.05) is 26.8 Å². The molecular weight excluding hydrogens is 606 g/mol. The summed E-state index contributed by atoms with van der Waals surface area (Å²) < 4.78 is 27.0. The lowest BCUT2D eigenvalue weighted by Gasteiger charge is -2.67. The van der Waals surface area contributed by atoms with Crippen molar-refractivity contribution in [3.63, 3.8) is 0 Å². The number of aromatic nitrogens is 1. The van der Waals surface area contributed by atoms with Gasteiger partial charge in [0.1, 0.15) is 29.5 Å². The van der Waals surface area contributed by atoms with E-state index in [4.69, 9.17) is 30.5 Å². The first-order valence-electron chi connectivity index (χ1n) is 17.1. The Labute approximate surface area is 274 Å². The Bertz CT molecular complexity index is 1820. The van der Waals surface area contributed by atoms with Gasteiger partial charge >= 0.3 is 0 Å². The molecule has 5 heterocycles. The Morgan fingerprint density at radius 2 is 1.83 bits per heavy atom. The zero-order chi connectivity index (χ0) is 32.3. The molecule has 0 bridgehead atoms. The molecule has 2 aromatic rings. The monoisotopic (exact) mass is 649 g/mol. The maximum absolute atomic E-state index is 12.9. The predicted molar refractivity (Wildman–Crippen MR) is 170 cm³/mol. The van der Waals surface area contributed by atoms with Gasteiger partial charge in [0.05, 0.1) is 17.1 Å². The van der Waals surface area contributed by atoms with Crippen LogP contribution in [0, 0.1) is 23.2 Å². The molecule has 46 heavy (non-hydrogen) atoms. The van der Waals surface area contributed by atoms with E-state index >= 15 is 0 Å². The molecule has 0 amide bonds. The summed E-state index contributed by atoms with van der Waals surface area (Å²) in [5.74, 6) is -1.84. The predicted octanol–water partition coefficient (Wildman–Crippen LogP) is 5.59. The number of halogens is 1. The van der Waals surface area contributed by atoms with Crippen molar-refractivity contribution >= 4 is 22.5 Å². The van der Waals surface area contributed by atoms with Crippen molar-refractivity contribution in [2.75, 3.05) is 0 Å². The zero-order valence-corrected chi connectivity index (χ0v) is 28.0. The van der Waals surface area contributed by atoms with Gasteiger partial charge < -0.3 is 39.3 Å². The summed E-state index contributed by atoms with van der Waals surface area (Å²) >= 11 is 7.06. The molecule has 13 unspecified atom stereocenters. The number of aliphatic hydroxyl groups excluding tert-OH is 1. The zero-order valence-electron chi connectivity index (χ0n) is 27.2. The highest BCUT2D eigenvalue weighted by Crippen LogP contribution is 2.75. The smallest absolute Gasteiger partial charge is 0.190 e. The molecule has 8 nitrogen and oxygen atoms in total. The lowest BCUT2D eigenvalue weighted by molar-refractivity contribution is -0.392. The minimum atomic E-state index is -1.55. The normalized spacial score (nSPS) is 51.9. The van der Waals surface area contributed by atoms with Gasteiger partial charge in [0.2, 0.25) is 0 Å². The van der Waals surface area contributed by atoms with Crippen molar-refractivity contribution < 1.29 is 34.3 Å². The van der Waals surface area contributed by atoms with Gasteiger partial charge in [-0.05, 0) is 93.9 Å². The van der Waals surface area contributed by atoms with E-state index in [0.29, 0.717) is 24.3 Å². The largest absolute Gasteiger partial charge is 0.387 e. The van der Waals surface area contributed by atoms with Gasteiger partial charge in [0.15, 0.2) is 12.1 Å². The van der Waals surface area contributed by atoms with E-state index < -0.39 is 51.9 Å². The van der Waals surface area contributed by atoms with Crippen LogP contribution >= 0.6 is 11.6 Å². The Hall–Kier alpha value is -1.75. The third-order valence-electron chi connectivity index (χ3n) is 14.9. The summed E-state index contributed by atoms with van der Waals surface area (Å²) in [5.41, 5.74) is 2.14. The first-order valence-corrected chi connectivity index (χ1v) is 17.4. The number of hydrogen-bond donors (Lipinski definition) is 4. The lowest BCUT2D eigenvalue weighted by atomic mass is 9.42. The number of H-pyrrole nitrogens is 1. The lowest BCUT2D eigenvalue weighted by Crippen LogP contribution is -2.73. The Morgan fingerprint density at radius 1 is 1.07 bits per heavy atom. The molecule has 8 aliphatic rings. The van der Waals surface area contributed by atoms with Crippen molar-refractivity contribution in [3.8, 4) is 0 Å². The summed E-state index contributed by atoms with van der Waals surface area (Å²) in [6, 6.07) is 1.96. The molecule has 246 valence electrons. The highest BCUT2D eigenvalue weighted by atomic mass is 35.5. The van der Waals surface area contributed by atoms with Crippen molar-refractivity contribution in [1.82, 2.24) is 4.98 Å². The molecule has 10 rings (SSSR count). The molecule has 4 aliphatic heterocycles. The Kier molecular flexibility index (Phi) is 5.18. The summed E-state index contributed by atoms with van der Waals surface area (Å²) in [4.78, 5) is 3.79. The fraction of sp³-hybridized carbons (Fsp3) is 0.676. The maximum atomic E-state index is 12.9. The fourth-order valence-corrected chi connectivity index (χ4v) is 12.7. The van der Waals surface area contributed by atoms with Gasteiger partial charge in [-0.2, -0.15) is 0 Å². The molecule has 1 spiro atoms. The molecule has 1 aromatic carbocycles. The minimum Gasteiger partial charge on any atom is -0.387 e. The van der Waals surface area contributed by atoms with Crippen LogP contribution < -0.4 is 0 Å². The molecule has 4 aliphatic carbocycles. The van der Waals surface area contributed by atoms with Crippen LogP contribution in [-0.2, 0) is 36.4 Å². The molecule has 13 atom stereocenters. The van der Waals surface area contributed by atoms with Crippen LogP contribution in [0.4, 0.5) is 0 Å². The number of aliphatic hydroxyl groups is 3. The second kappa shape index (κ2) is 8.16. The Balaban J connectivity index is 1.21. The van der Waals surface area contributed by atoms with Crippen molar-refractivity contribution in [3.05, 3.63) is 57.8 Å². The Morgan fingerprint density at radius 3 is 2.57 bits per heavy atom. The van der Waals surface area contributed by atoms with Crippen molar-refractivity contribution in [2.45, 2.75) is 132 Å². The van der Waals surface area contributed by atoms with E-state index in [9.17, 15) is 15.3 Å². The van der Waals surface area contributed by atoms with Gasteiger partial charge in [-0.1, -0.05) is 37.3 Å². The molecule has 9 heteroatoms. The molecule has 3 saturated carbocycles. The number of hydrogen-bond acceptors (Lipinski definition) is 7. The highest BCUT2D eigenvalue weighted by molar-refractivity contribution is 6.32. The van der Waals surface area contributed by atoms with Crippen LogP contribution in [0.15, 0.2) is 30.4 Å². The molecule has 4 N–H and O–H groups in total. The SMILES string of the molecule is C=C(C)C1OC2CCC3(C)C(CCC4(O)OC5OC(C)(C)C6CC7C(=C)Cc8c(Cl)cc9[nH]c(c5c9c8C76O)C43C)C23OC3C1O. The number of aromatic amines is 1. The third-order valence-corrected chi connectivity index (χ3v) is 15.2. The van der Waals surface area contributed by atoms with Crippen molar-refractivity contribution in [2.24, 2.45) is 23.2 Å². The van der Waals surface area contributed by atoms with E-state index in [0.717, 1.165) is 63.7 Å². The molecule has 2 saturated heterocycles. The van der Waals surface area contributed by atoms with E-state index in [2.05, 4.69) is 32.0 Å². The van der Waals surface area contributed by atoms with Crippen LogP contribution in [0.25, 0.3) is 10.9 Å². The highest BCUT2D eigenvalue weighted by Gasteiger charge is 2.82. The number of benzene rings is 1. The summed E-state index contributed by atoms with van der Waals surface area (Å²) in [6.45, 7) is 18.8. The van der Waals surface area contributed by atoms with Crippen LogP contribution in [0.2, 0.25) is 5.02 Å². The second-order valence-electron chi connectivity index (χ2n) is 17.0. The van der Waals surface area contributed by atoms with Gasteiger partial charge in [-0.25, -0.2) is 0 Å². The number of rotatable bonds is 1. The summed E-state index contributed by atoms with van der Waals surface area (Å²) in [7, 11) is 0. The van der Waals surface area contributed by atoms with Gasteiger partial charge in [-0.3, -0.25) is 0 Å². The first-order chi connectivity index (χ1) is 21.5.